The van der Waals surface area contributed by atoms with Gasteiger partial charge in [-0.15, -0.1) is 0 Å². The number of ether oxygens (including phenoxy) is 1. The molecule has 2 heterocycles. The van der Waals surface area contributed by atoms with E-state index in [4.69, 9.17) is 4.74 Å². The van der Waals surface area contributed by atoms with E-state index in [2.05, 4.69) is 9.97 Å². The fourth-order valence-electron chi connectivity index (χ4n) is 3.22. The van der Waals surface area contributed by atoms with Crippen molar-refractivity contribution >= 4 is 27.9 Å². The van der Waals surface area contributed by atoms with E-state index in [-0.39, 0.29) is 18.2 Å². The van der Waals surface area contributed by atoms with Crippen LogP contribution in [0.2, 0.25) is 0 Å². The Bertz CT molecular complexity index is 1150. The molecule has 2 aromatic heterocycles. The predicted molar refractivity (Wildman–Crippen MR) is 96.8 cm³/mol. The van der Waals surface area contributed by atoms with Crippen molar-refractivity contribution in [3.8, 4) is 5.69 Å². The lowest BCUT2D eigenvalue weighted by Gasteiger charge is -2.16. The summed E-state index contributed by atoms with van der Waals surface area (Å²) in [4.78, 5) is 20.9. The Labute approximate surface area is 149 Å². The Morgan fingerprint density at radius 2 is 2.00 bits per heavy atom. The van der Waals surface area contributed by atoms with E-state index in [9.17, 15) is 9.18 Å². The molecule has 6 heteroatoms. The van der Waals surface area contributed by atoms with Crippen molar-refractivity contribution in [2.24, 2.45) is 0 Å². The highest BCUT2D eigenvalue weighted by Crippen LogP contribution is 2.31. The molecule has 0 bridgehead atoms. The predicted octanol–water partition coefficient (Wildman–Crippen LogP) is 3.74. The van der Waals surface area contributed by atoms with Gasteiger partial charge >= 0.3 is 5.97 Å². The van der Waals surface area contributed by atoms with Crippen LogP contribution in [0.4, 0.5) is 4.39 Å². The summed E-state index contributed by atoms with van der Waals surface area (Å²) in [6, 6.07) is 12.1. The fourth-order valence-corrected chi connectivity index (χ4v) is 3.22. The zero-order valence-electron chi connectivity index (χ0n) is 14.4. The number of fused-ring (bicyclic) bond motifs is 2. The monoisotopic (exact) mass is 349 g/mol. The minimum Gasteiger partial charge on any atom is -0.469 e. The van der Waals surface area contributed by atoms with Gasteiger partial charge in [0.1, 0.15) is 12.1 Å². The summed E-state index contributed by atoms with van der Waals surface area (Å²) in [6.45, 7) is 1.84. The molecule has 0 N–H and O–H groups in total. The standard InChI is InChI=1S/C20H16FN3O2/c1-12-14(10-19(25)26-2)20(15-9-13(21)7-8-16(15)23-12)24-11-22-17-5-3-4-6-18(17)24/h3-9,11H,10H2,1-2H3. The molecule has 0 saturated carbocycles. The van der Waals surface area contributed by atoms with Crippen molar-refractivity contribution < 1.29 is 13.9 Å². The van der Waals surface area contributed by atoms with Crippen LogP contribution in [-0.2, 0) is 16.0 Å². The molecule has 0 aliphatic carbocycles. The number of esters is 1. The number of para-hydroxylation sites is 2. The van der Waals surface area contributed by atoms with Gasteiger partial charge in [-0.25, -0.2) is 9.37 Å². The van der Waals surface area contributed by atoms with E-state index in [0.717, 1.165) is 11.0 Å². The molecule has 4 rings (SSSR count). The number of methoxy groups -OCH3 is 1. The SMILES string of the molecule is COC(=O)Cc1c(C)nc2ccc(F)cc2c1-n1cnc2ccccc21. The van der Waals surface area contributed by atoms with Crippen LogP contribution in [-0.4, -0.2) is 27.6 Å². The molecule has 0 aliphatic heterocycles. The number of aromatic nitrogens is 3. The van der Waals surface area contributed by atoms with Gasteiger partial charge in [0, 0.05) is 16.6 Å². The Kier molecular flexibility index (Phi) is 3.88. The molecule has 130 valence electrons. The number of carbonyl (C=O) groups excluding carboxylic acids is 1. The maximum atomic E-state index is 14.0. The van der Waals surface area contributed by atoms with Gasteiger partial charge < -0.3 is 4.74 Å². The summed E-state index contributed by atoms with van der Waals surface area (Å²) in [5, 5.41) is 0.623. The van der Waals surface area contributed by atoms with E-state index < -0.39 is 0 Å². The third-order valence-electron chi connectivity index (χ3n) is 4.47. The molecule has 0 radical (unpaired) electrons. The van der Waals surface area contributed by atoms with Crippen LogP contribution >= 0.6 is 0 Å². The van der Waals surface area contributed by atoms with E-state index in [1.165, 1.54) is 19.2 Å². The number of rotatable bonds is 3. The zero-order chi connectivity index (χ0) is 18.3. The minimum atomic E-state index is -0.378. The number of nitrogens with zero attached hydrogens (tertiary/aromatic N) is 3. The quantitative estimate of drug-likeness (QED) is 0.529. The fraction of sp³-hybridized carbons (Fsp3) is 0.150. The number of hydrogen-bond acceptors (Lipinski definition) is 4. The van der Waals surface area contributed by atoms with Crippen LogP contribution in [0.25, 0.3) is 27.6 Å². The number of aryl methyl sites for hydroxylation is 1. The van der Waals surface area contributed by atoms with Gasteiger partial charge in [-0.1, -0.05) is 12.1 Å². The summed E-state index contributed by atoms with van der Waals surface area (Å²) in [5.74, 6) is -0.742. The normalized spacial score (nSPS) is 11.2. The molecule has 0 saturated heterocycles. The molecule has 2 aromatic carbocycles. The molecule has 0 amide bonds. The van der Waals surface area contributed by atoms with Crippen LogP contribution < -0.4 is 0 Å². The lowest BCUT2D eigenvalue weighted by atomic mass is 10.0. The average Bonchev–Trinajstić information content (AvgIpc) is 3.06. The van der Waals surface area contributed by atoms with Gasteiger partial charge in [-0.05, 0) is 37.3 Å². The maximum Gasteiger partial charge on any atom is 0.310 e. The van der Waals surface area contributed by atoms with E-state index >= 15 is 0 Å². The van der Waals surface area contributed by atoms with Crippen LogP contribution in [0.5, 0.6) is 0 Å². The summed E-state index contributed by atoms with van der Waals surface area (Å²) >= 11 is 0. The highest BCUT2D eigenvalue weighted by atomic mass is 19.1. The highest BCUT2D eigenvalue weighted by Gasteiger charge is 2.19. The molecule has 5 nitrogen and oxygen atoms in total. The second-order valence-electron chi connectivity index (χ2n) is 6.04. The second kappa shape index (κ2) is 6.22. The zero-order valence-corrected chi connectivity index (χ0v) is 14.4. The molecular formula is C20H16FN3O2. The molecule has 26 heavy (non-hydrogen) atoms. The first-order valence-corrected chi connectivity index (χ1v) is 8.16. The Morgan fingerprint density at radius 3 is 2.81 bits per heavy atom. The first kappa shape index (κ1) is 16.2. The topological polar surface area (TPSA) is 57.0 Å². The lowest BCUT2D eigenvalue weighted by molar-refractivity contribution is -0.139. The average molecular weight is 349 g/mol. The van der Waals surface area contributed by atoms with Gasteiger partial charge in [-0.3, -0.25) is 14.3 Å². The summed E-state index contributed by atoms with van der Waals surface area (Å²) < 4.78 is 20.7. The summed E-state index contributed by atoms with van der Waals surface area (Å²) in [5.41, 5.74) is 4.43. The van der Waals surface area contributed by atoms with Gasteiger partial charge in [0.05, 0.1) is 35.8 Å². The Hall–Kier alpha value is -3.28. The van der Waals surface area contributed by atoms with Crippen LogP contribution in [0, 0.1) is 12.7 Å². The number of benzene rings is 2. The lowest BCUT2D eigenvalue weighted by Crippen LogP contribution is -2.11. The summed E-state index contributed by atoms with van der Waals surface area (Å²) in [6.07, 6.45) is 1.73. The minimum absolute atomic E-state index is 0.0453. The number of hydrogen-bond donors (Lipinski definition) is 0. The largest absolute Gasteiger partial charge is 0.469 e. The van der Waals surface area contributed by atoms with Crippen molar-refractivity contribution in [3.63, 3.8) is 0 Å². The van der Waals surface area contributed by atoms with Crippen molar-refractivity contribution in [2.45, 2.75) is 13.3 Å². The molecule has 4 aromatic rings. The number of carbonyl (C=O) groups is 1. The van der Waals surface area contributed by atoms with Crippen molar-refractivity contribution in [3.05, 3.63) is 65.9 Å². The van der Waals surface area contributed by atoms with Gasteiger partial charge in [0.25, 0.3) is 0 Å². The first-order chi connectivity index (χ1) is 12.6. The Balaban J connectivity index is 2.11. The van der Waals surface area contributed by atoms with Gasteiger partial charge in [0.15, 0.2) is 0 Å². The second-order valence-corrected chi connectivity index (χ2v) is 6.04. The smallest absolute Gasteiger partial charge is 0.310 e. The molecule has 0 unspecified atom stereocenters. The van der Waals surface area contributed by atoms with Crippen LogP contribution in [0.15, 0.2) is 48.8 Å². The maximum absolute atomic E-state index is 14.0. The van der Waals surface area contributed by atoms with Gasteiger partial charge in [-0.2, -0.15) is 0 Å². The van der Waals surface area contributed by atoms with Crippen LogP contribution in [0.3, 0.4) is 0 Å². The third kappa shape index (κ3) is 2.60. The van der Waals surface area contributed by atoms with Crippen LogP contribution in [0.1, 0.15) is 11.3 Å². The highest BCUT2D eigenvalue weighted by molar-refractivity contribution is 5.93. The third-order valence-corrected chi connectivity index (χ3v) is 4.47. The van der Waals surface area contributed by atoms with Gasteiger partial charge in [0.2, 0.25) is 0 Å². The molecule has 0 spiro atoms. The van der Waals surface area contributed by atoms with E-state index in [1.54, 1.807) is 12.4 Å². The van der Waals surface area contributed by atoms with E-state index in [1.807, 2.05) is 35.8 Å². The van der Waals surface area contributed by atoms with Crippen molar-refractivity contribution in [2.75, 3.05) is 7.11 Å². The van der Waals surface area contributed by atoms with Crippen molar-refractivity contribution in [1.29, 1.82) is 0 Å². The van der Waals surface area contributed by atoms with E-state index in [0.29, 0.717) is 27.8 Å². The first-order valence-electron chi connectivity index (χ1n) is 8.16. The summed E-state index contributed by atoms with van der Waals surface area (Å²) in [7, 11) is 1.35. The number of halogens is 1. The molecular weight excluding hydrogens is 333 g/mol. The van der Waals surface area contributed by atoms with Crippen molar-refractivity contribution in [1.82, 2.24) is 14.5 Å². The molecule has 0 aliphatic rings. The molecule has 0 fully saturated rings. The molecule has 0 atom stereocenters. The number of imidazole rings is 1. The Morgan fingerprint density at radius 1 is 1.19 bits per heavy atom. The number of pyridine rings is 1.